The Balaban J connectivity index is 1.68. The molecule has 7 nitrogen and oxygen atoms in total. The Bertz CT molecular complexity index is 737. The third-order valence-corrected chi connectivity index (χ3v) is 4.50. The number of hydrogen-bond donors (Lipinski definition) is 1. The van der Waals surface area contributed by atoms with Crippen molar-refractivity contribution in [3.8, 4) is 11.5 Å². The molecule has 1 aromatic carbocycles. The smallest absolute Gasteiger partial charge is 0.293 e. The summed E-state index contributed by atoms with van der Waals surface area (Å²) >= 11 is 6.23. The zero-order valence-electron chi connectivity index (χ0n) is 12.4. The van der Waals surface area contributed by atoms with Crippen LogP contribution in [0.2, 0.25) is 0 Å². The van der Waals surface area contributed by atoms with E-state index in [1.807, 2.05) is 0 Å². The van der Waals surface area contributed by atoms with E-state index in [2.05, 4.69) is 5.32 Å². The predicted octanol–water partition coefficient (Wildman–Crippen LogP) is 1.81. The van der Waals surface area contributed by atoms with Gasteiger partial charge in [-0.1, -0.05) is 6.07 Å². The maximum Gasteiger partial charge on any atom is 0.293 e. The van der Waals surface area contributed by atoms with Crippen LogP contribution in [-0.2, 0) is 9.59 Å². The number of rotatable bonds is 5. The number of benzene rings is 1. The number of carbonyl (C=O) groups excluding carboxylic acids is 3. The second-order valence-corrected chi connectivity index (χ2v) is 6.19. The van der Waals surface area contributed by atoms with Crippen LogP contribution in [0.25, 0.3) is 6.08 Å². The average Bonchev–Trinajstić information content (AvgIpc) is 3.14. The zero-order valence-corrected chi connectivity index (χ0v) is 14.0. The molecule has 126 valence electrons. The molecule has 9 heteroatoms. The molecule has 2 aliphatic heterocycles. The van der Waals surface area contributed by atoms with Crippen LogP contribution >= 0.6 is 23.4 Å². The predicted molar refractivity (Wildman–Crippen MR) is 89.0 cm³/mol. The molecule has 0 atom stereocenters. The second-order valence-electron chi connectivity index (χ2n) is 4.93. The lowest BCUT2D eigenvalue weighted by Gasteiger charge is -2.12. The number of hydrogen-bond acceptors (Lipinski definition) is 6. The molecule has 3 rings (SSSR count). The monoisotopic (exact) mass is 368 g/mol. The first-order valence-electron chi connectivity index (χ1n) is 7.06. The number of nitrogens with zero attached hydrogens (tertiary/aromatic N) is 1. The fourth-order valence-corrected chi connectivity index (χ4v) is 3.16. The first-order chi connectivity index (χ1) is 11.6. The Morgan fingerprint density at radius 3 is 2.92 bits per heavy atom. The van der Waals surface area contributed by atoms with Crippen LogP contribution in [0.5, 0.6) is 11.5 Å². The van der Waals surface area contributed by atoms with Crippen molar-refractivity contribution in [2.45, 2.75) is 0 Å². The normalized spacial score (nSPS) is 17.7. The Hall–Kier alpha value is -2.19. The summed E-state index contributed by atoms with van der Waals surface area (Å²) in [4.78, 5) is 36.8. The van der Waals surface area contributed by atoms with Crippen molar-refractivity contribution in [1.82, 2.24) is 10.2 Å². The maximum atomic E-state index is 12.3. The van der Waals surface area contributed by atoms with Crippen molar-refractivity contribution in [1.29, 1.82) is 0 Å². The van der Waals surface area contributed by atoms with E-state index >= 15 is 0 Å². The molecule has 1 N–H and O–H groups in total. The fourth-order valence-electron chi connectivity index (χ4n) is 2.20. The molecule has 2 heterocycles. The highest BCUT2D eigenvalue weighted by molar-refractivity contribution is 8.18. The number of alkyl halides is 1. The molecule has 24 heavy (non-hydrogen) atoms. The summed E-state index contributed by atoms with van der Waals surface area (Å²) in [6.45, 7) is 0.440. The molecule has 0 radical (unpaired) electrons. The van der Waals surface area contributed by atoms with Gasteiger partial charge in [-0.15, -0.1) is 11.6 Å². The zero-order chi connectivity index (χ0) is 17.1. The van der Waals surface area contributed by atoms with Gasteiger partial charge >= 0.3 is 0 Å². The summed E-state index contributed by atoms with van der Waals surface area (Å²) in [5, 5.41) is 2.15. The first-order valence-corrected chi connectivity index (χ1v) is 8.41. The molecule has 0 aliphatic carbocycles. The number of nitrogens with one attached hydrogen (secondary N) is 1. The minimum absolute atomic E-state index is 0.103. The minimum atomic E-state index is -0.386. The average molecular weight is 369 g/mol. The summed E-state index contributed by atoms with van der Waals surface area (Å²) in [5.74, 6) is 0.357. The lowest BCUT2D eigenvalue weighted by atomic mass is 10.2. The lowest BCUT2D eigenvalue weighted by molar-refractivity contribution is -0.123. The molecule has 0 unspecified atom stereocenters. The summed E-state index contributed by atoms with van der Waals surface area (Å²) in [7, 11) is 0. The summed E-state index contributed by atoms with van der Waals surface area (Å²) in [5.41, 5.74) is 0.736. The van der Waals surface area contributed by atoms with E-state index < -0.39 is 0 Å². The molecule has 0 aromatic heterocycles. The minimum Gasteiger partial charge on any atom is -0.454 e. The van der Waals surface area contributed by atoms with Crippen LogP contribution in [-0.4, -0.2) is 47.7 Å². The number of ether oxygens (including phenoxy) is 2. The van der Waals surface area contributed by atoms with Crippen molar-refractivity contribution in [3.05, 3.63) is 28.7 Å². The standard InChI is InChI=1S/C15H13ClN2O5S/c16-7-13(19)17-3-4-18-14(20)12(24-15(18)21)6-9-1-2-10-11(5-9)23-8-22-10/h1-2,5-6H,3-4,7-8H2,(H,17,19)/b12-6-. The Morgan fingerprint density at radius 2 is 2.12 bits per heavy atom. The third kappa shape index (κ3) is 3.49. The van der Waals surface area contributed by atoms with Crippen LogP contribution in [0.4, 0.5) is 4.79 Å². The highest BCUT2D eigenvalue weighted by atomic mass is 35.5. The summed E-state index contributed by atoms with van der Waals surface area (Å²) in [6, 6.07) is 5.28. The van der Waals surface area contributed by atoms with E-state index in [9.17, 15) is 14.4 Å². The lowest BCUT2D eigenvalue weighted by Crippen LogP contribution is -2.37. The van der Waals surface area contributed by atoms with E-state index in [1.54, 1.807) is 24.3 Å². The third-order valence-electron chi connectivity index (χ3n) is 3.35. The van der Waals surface area contributed by atoms with Crippen LogP contribution in [0.15, 0.2) is 23.1 Å². The number of amides is 3. The van der Waals surface area contributed by atoms with Crippen molar-refractivity contribution in [2.24, 2.45) is 0 Å². The molecule has 0 spiro atoms. The number of carbonyl (C=O) groups is 3. The fraction of sp³-hybridized carbons (Fsp3) is 0.267. The molecule has 1 fully saturated rings. The summed E-state index contributed by atoms with van der Waals surface area (Å²) in [6.07, 6.45) is 1.63. The summed E-state index contributed by atoms with van der Waals surface area (Å²) < 4.78 is 10.5. The number of fused-ring (bicyclic) bond motifs is 1. The van der Waals surface area contributed by atoms with Crippen LogP contribution < -0.4 is 14.8 Å². The molecule has 3 amide bonds. The SMILES string of the molecule is O=C(CCl)NCCN1C(=O)S/C(=C\c2ccc3c(c2)OCO3)C1=O. The van der Waals surface area contributed by atoms with Crippen LogP contribution in [0, 0.1) is 0 Å². The highest BCUT2D eigenvalue weighted by Gasteiger charge is 2.34. The number of halogens is 1. The maximum absolute atomic E-state index is 12.3. The van der Waals surface area contributed by atoms with Gasteiger partial charge in [-0.2, -0.15) is 0 Å². The molecular formula is C15H13ClN2O5S. The van der Waals surface area contributed by atoms with Gasteiger partial charge in [0.25, 0.3) is 11.1 Å². The molecule has 0 saturated carbocycles. The second kappa shape index (κ2) is 7.14. The Labute approximate surface area is 146 Å². The molecule has 0 bridgehead atoms. The van der Waals surface area contributed by atoms with E-state index in [4.69, 9.17) is 21.1 Å². The van der Waals surface area contributed by atoms with Gasteiger partial charge in [-0.05, 0) is 35.5 Å². The largest absolute Gasteiger partial charge is 0.454 e. The van der Waals surface area contributed by atoms with Crippen LogP contribution in [0.3, 0.4) is 0 Å². The Morgan fingerprint density at radius 1 is 1.33 bits per heavy atom. The van der Waals surface area contributed by atoms with Gasteiger partial charge in [-0.25, -0.2) is 0 Å². The van der Waals surface area contributed by atoms with E-state index in [0.717, 1.165) is 22.2 Å². The van der Waals surface area contributed by atoms with E-state index in [0.29, 0.717) is 16.4 Å². The van der Waals surface area contributed by atoms with Gasteiger partial charge in [0, 0.05) is 13.1 Å². The van der Waals surface area contributed by atoms with Gasteiger partial charge in [0.1, 0.15) is 5.88 Å². The van der Waals surface area contributed by atoms with Gasteiger partial charge in [0.2, 0.25) is 12.7 Å². The van der Waals surface area contributed by atoms with Crippen molar-refractivity contribution in [2.75, 3.05) is 25.8 Å². The molecule has 2 aliphatic rings. The Kier molecular flexibility index (Phi) is 4.96. The van der Waals surface area contributed by atoms with Gasteiger partial charge in [0.05, 0.1) is 4.91 Å². The highest BCUT2D eigenvalue weighted by Crippen LogP contribution is 2.36. The topological polar surface area (TPSA) is 84.9 Å². The quantitative estimate of drug-likeness (QED) is 0.630. The first kappa shape index (κ1) is 16.7. The van der Waals surface area contributed by atoms with Crippen molar-refractivity contribution < 1.29 is 23.9 Å². The number of imide groups is 1. The van der Waals surface area contributed by atoms with E-state index in [1.165, 1.54) is 0 Å². The van der Waals surface area contributed by atoms with Crippen molar-refractivity contribution in [3.63, 3.8) is 0 Å². The van der Waals surface area contributed by atoms with E-state index in [-0.39, 0.29) is 42.8 Å². The van der Waals surface area contributed by atoms with Gasteiger partial charge < -0.3 is 14.8 Å². The molecule has 1 aromatic rings. The van der Waals surface area contributed by atoms with Gasteiger partial charge in [-0.3, -0.25) is 19.3 Å². The van der Waals surface area contributed by atoms with Gasteiger partial charge in [0.15, 0.2) is 11.5 Å². The number of thioether (sulfide) groups is 1. The van der Waals surface area contributed by atoms with Crippen molar-refractivity contribution >= 4 is 46.5 Å². The molecule has 1 saturated heterocycles. The van der Waals surface area contributed by atoms with Crippen LogP contribution in [0.1, 0.15) is 5.56 Å². The molecular weight excluding hydrogens is 356 g/mol.